The van der Waals surface area contributed by atoms with Gasteiger partial charge in [0.15, 0.2) is 0 Å². The van der Waals surface area contributed by atoms with Gasteiger partial charge in [0, 0.05) is 18.2 Å². The van der Waals surface area contributed by atoms with Crippen LogP contribution >= 0.6 is 0 Å². The zero-order valence-corrected chi connectivity index (χ0v) is 17.7. The first-order valence-corrected chi connectivity index (χ1v) is 9.92. The van der Waals surface area contributed by atoms with E-state index >= 15 is 0 Å². The number of ether oxygens (including phenoxy) is 1. The van der Waals surface area contributed by atoms with E-state index in [0.29, 0.717) is 12.1 Å². The van der Waals surface area contributed by atoms with Crippen molar-refractivity contribution in [1.82, 2.24) is 5.32 Å². The van der Waals surface area contributed by atoms with Gasteiger partial charge in [-0.1, -0.05) is 36.4 Å². The normalized spacial score (nSPS) is 11.1. The molecule has 0 unspecified atom stereocenters. The molecule has 158 valence electrons. The van der Waals surface area contributed by atoms with Crippen molar-refractivity contribution in [3.63, 3.8) is 0 Å². The molecule has 0 saturated heterocycles. The van der Waals surface area contributed by atoms with Crippen molar-refractivity contribution in [2.45, 2.75) is 13.8 Å². The molecule has 0 aliphatic carbocycles. The predicted octanol–water partition coefficient (Wildman–Crippen LogP) is 4.42. The van der Waals surface area contributed by atoms with Crippen LogP contribution in [-0.4, -0.2) is 31.4 Å². The van der Waals surface area contributed by atoms with E-state index in [1.165, 1.54) is 31.4 Å². The van der Waals surface area contributed by atoms with E-state index in [0.717, 1.165) is 21.9 Å². The number of anilines is 1. The number of methoxy groups -OCH3 is 1. The van der Waals surface area contributed by atoms with Crippen molar-refractivity contribution < 1.29 is 19.1 Å². The molecule has 3 aromatic rings. The molecule has 2 N–H and O–H groups in total. The Hall–Kier alpha value is -3.93. The first-order chi connectivity index (χ1) is 14.9. The first-order valence-electron chi connectivity index (χ1n) is 9.92. The third-order valence-electron chi connectivity index (χ3n) is 4.83. The van der Waals surface area contributed by atoms with Crippen LogP contribution in [0.15, 0.2) is 66.7 Å². The van der Waals surface area contributed by atoms with Crippen molar-refractivity contribution in [3.8, 4) is 0 Å². The summed E-state index contributed by atoms with van der Waals surface area (Å²) in [5.74, 6) is -1.31. The van der Waals surface area contributed by atoms with Crippen LogP contribution < -0.4 is 10.6 Å². The average Bonchev–Trinajstić information content (AvgIpc) is 2.78. The number of amides is 2. The van der Waals surface area contributed by atoms with E-state index in [-0.39, 0.29) is 17.2 Å². The van der Waals surface area contributed by atoms with Gasteiger partial charge in [-0.3, -0.25) is 9.59 Å². The third-order valence-corrected chi connectivity index (χ3v) is 4.83. The Kier molecular flexibility index (Phi) is 6.82. The molecule has 0 heterocycles. The Balaban J connectivity index is 1.88. The van der Waals surface area contributed by atoms with E-state index in [4.69, 9.17) is 4.74 Å². The summed E-state index contributed by atoms with van der Waals surface area (Å²) in [6.07, 6.45) is 1.46. The number of carbonyl (C=O) groups is 3. The fourth-order valence-corrected chi connectivity index (χ4v) is 3.22. The van der Waals surface area contributed by atoms with E-state index in [2.05, 4.69) is 10.6 Å². The largest absolute Gasteiger partial charge is 0.465 e. The van der Waals surface area contributed by atoms with Crippen LogP contribution in [0.3, 0.4) is 0 Å². The molecule has 3 aromatic carbocycles. The van der Waals surface area contributed by atoms with Gasteiger partial charge in [-0.15, -0.1) is 0 Å². The number of hydrogen-bond acceptors (Lipinski definition) is 4. The highest BCUT2D eigenvalue weighted by Crippen LogP contribution is 2.22. The summed E-state index contributed by atoms with van der Waals surface area (Å²) in [6.45, 7) is 4.12. The Morgan fingerprint density at radius 3 is 2.35 bits per heavy atom. The summed E-state index contributed by atoms with van der Waals surface area (Å²) < 4.78 is 4.79. The van der Waals surface area contributed by atoms with Crippen LogP contribution in [0.5, 0.6) is 0 Å². The summed E-state index contributed by atoms with van der Waals surface area (Å²) in [5, 5.41) is 7.60. The maximum Gasteiger partial charge on any atom is 0.339 e. The van der Waals surface area contributed by atoms with Crippen LogP contribution in [0, 0.1) is 0 Å². The molecule has 0 atom stereocenters. The molecular weight excluding hydrogens is 392 g/mol. The summed E-state index contributed by atoms with van der Waals surface area (Å²) in [4.78, 5) is 36.9. The predicted molar refractivity (Wildman–Crippen MR) is 122 cm³/mol. The molecule has 0 bridgehead atoms. The van der Waals surface area contributed by atoms with E-state index < -0.39 is 11.9 Å². The number of hydrogen-bond donors (Lipinski definition) is 2. The highest BCUT2D eigenvalue weighted by Gasteiger charge is 2.16. The van der Waals surface area contributed by atoms with Crippen molar-refractivity contribution >= 4 is 39.8 Å². The van der Waals surface area contributed by atoms with Gasteiger partial charge < -0.3 is 15.4 Å². The maximum absolute atomic E-state index is 12.7. The summed E-state index contributed by atoms with van der Waals surface area (Å²) in [7, 11) is 1.26. The zero-order chi connectivity index (χ0) is 22.4. The molecule has 3 rings (SSSR count). The molecule has 6 nitrogen and oxygen atoms in total. The van der Waals surface area contributed by atoms with Gasteiger partial charge in [0.1, 0.15) is 0 Å². The quantitative estimate of drug-likeness (QED) is 0.460. The minimum Gasteiger partial charge on any atom is -0.465 e. The van der Waals surface area contributed by atoms with Gasteiger partial charge in [0.2, 0.25) is 5.91 Å². The molecule has 0 fully saturated rings. The highest BCUT2D eigenvalue weighted by atomic mass is 16.5. The number of nitrogens with one attached hydrogen (secondary N) is 2. The summed E-state index contributed by atoms with van der Waals surface area (Å²) >= 11 is 0. The molecule has 6 heteroatoms. The molecule has 2 amide bonds. The molecule has 0 aromatic heterocycles. The van der Waals surface area contributed by atoms with Crippen molar-refractivity contribution in [2.75, 3.05) is 19.0 Å². The third kappa shape index (κ3) is 5.17. The lowest BCUT2D eigenvalue weighted by Gasteiger charge is -2.11. The molecular formula is C25H24N2O4. The number of allylic oxidation sites excluding steroid dienone is 1. The smallest absolute Gasteiger partial charge is 0.339 e. The second kappa shape index (κ2) is 9.71. The van der Waals surface area contributed by atoms with Crippen molar-refractivity contribution in [2.24, 2.45) is 0 Å². The summed E-state index contributed by atoms with van der Waals surface area (Å²) in [5.41, 5.74) is 2.39. The Bertz CT molecular complexity index is 1180. The lowest BCUT2D eigenvalue weighted by molar-refractivity contribution is -0.111. The van der Waals surface area contributed by atoms with Gasteiger partial charge >= 0.3 is 5.97 Å². The minimum absolute atomic E-state index is 0.167. The maximum atomic E-state index is 12.7. The Morgan fingerprint density at radius 1 is 0.935 bits per heavy atom. The lowest BCUT2D eigenvalue weighted by Crippen LogP contribution is -2.23. The van der Waals surface area contributed by atoms with Crippen LogP contribution in [0.2, 0.25) is 0 Å². The summed E-state index contributed by atoms with van der Waals surface area (Å²) in [6, 6.07) is 18.4. The van der Waals surface area contributed by atoms with E-state index in [9.17, 15) is 14.4 Å². The van der Waals surface area contributed by atoms with Crippen LogP contribution in [-0.2, 0) is 9.53 Å². The number of esters is 1. The van der Waals surface area contributed by atoms with Gasteiger partial charge in [-0.2, -0.15) is 0 Å². The number of fused-ring (bicyclic) bond motifs is 1. The van der Waals surface area contributed by atoms with Gasteiger partial charge in [0.25, 0.3) is 5.91 Å². The van der Waals surface area contributed by atoms with Crippen molar-refractivity contribution in [1.29, 1.82) is 0 Å². The Labute approximate surface area is 180 Å². The fraction of sp³-hybridized carbons (Fsp3) is 0.160. The second-order valence-electron chi connectivity index (χ2n) is 6.99. The molecule has 0 radical (unpaired) electrons. The van der Waals surface area contributed by atoms with Crippen molar-refractivity contribution in [3.05, 3.63) is 83.4 Å². The molecule has 0 aliphatic heterocycles. The first kappa shape index (κ1) is 21.8. The molecule has 0 saturated carbocycles. The van der Waals surface area contributed by atoms with E-state index in [1.54, 1.807) is 0 Å². The number of rotatable bonds is 6. The van der Waals surface area contributed by atoms with Crippen LogP contribution in [0.25, 0.3) is 16.3 Å². The standard InChI is InChI=1S/C25H24N2O4/c1-4-26-24(29)20-11-12-21(25(30)31-3)22(15-20)27-23(28)13-16(2)18-10-9-17-7-5-6-8-19(17)14-18/h5-15H,4H2,1-3H3,(H,26,29)(H,27,28)/b16-13-. The topological polar surface area (TPSA) is 84.5 Å². The lowest BCUT2D eigenvalue weighted by atomic mass is 10.0. The second-order valence-corrected chi connectivity index (χ2v) is 6.99. The fourth-order valence-electron chi connectivity index (χ4n) is 3.22. The SMILES string of the molecule is CCNC(=O)c1ccc(C(=O)OC)c(NC(=O)/C=C(/C)c2ccc3ccccc3c2)c1. The highest BCUT2D eigenvalue weighted by molar-refractivity contribution is 6.09. The minimum atomic E-state index is -0.604. The monoisotopic (exact) mass is 416 g/mol. The van der Waals surface area contributed by atoms with Gasteiger partial charge in [-0.25, -0.2) is 4.79 Å². The molecule has 0 spiro atoms. The van der Waals surface area contributed by atoms with Crippen LogP contribution in [0.1, 0.15) is 40.1 Å². The zero-order valence-electron chi connectivity index (χ0n) is 17.7. The van der Waals surface area contributed by atoms with E-state index in [1.807, 2.05) is 56.3 Å². The Morgan fingerprint density at radius 2 is 1.65 bits per heavy atom. The molecule has 0 aliphatic rings. The molecule has 31 heavy (non-hydrogen) atoms. The number of carbonyl (C=O) groups excluding carboxylic acids is 3. The number of benzene rings is 3. The van der Waals surface area contributed by atoms with Crippen LogP contribution in [0.4, 0.5) is 5.69 Å². The van der Waals surface area contributed by atoms with Gasteiger partial charge in [0.05, 0.1) is 18.4 Å². The average molecular weight is 416 g/mol. The van der Waals surface area contributed by atoms with Gasteiger partial charge in [-0.05, 0) is 60.0 Å².